The van der Waals surface area contributed by atoms with Gasteiger partial charge in [-0.25, -0.2) is 4.98 Å². The number of H-pyrrole nitrogens is 1. The summed E-state index contributed by atoms with van der Waals surface area (Å²) in [5.41, 5.74) is 2.31. The summed E-state index contributed by atoms with van der Waals surface area (Å²) in [7, 11) is 0. The van der Waals surface area contributed by atoms with E-state index in [1.165, 1.54) is 49.4 Å². The molecular formula is C20H28N4OS. The van der Waals surface area contributed by atoms with Gasteiger partial charge >= 0.3 is 0 Å². The Bertz CT molecular complexity index is 690. The predicted molar refractivity (Wildman–Crippen MR) is 106 cm³/mol. The van der Waals surface area contributed by atoms with Gasteiger partial charge in [0.25, 0.3) is 0 Å². The molecule has 1 saturated carbocycles. The zero-order valence-corrected chi connectivity index (χ0v) is 16.3. The summed E-state index contributed by atoms with van der Waals surface area (Å²) in [4.78, 5) is 16.7. The van der Waals surface area contributed by atoms with Gasteiger partial charge in [-0.1, -0.05) is 75.1 Å². The van der Waals surface area contributed by atoms with Crippen molar-refractivity contribution in [3.05, 3.63) is 29.8 Å². The summed E-state index contributed by atoms with van der Waals surface area (Å²) in [6.45, 7) is 2.14. The van der Waals surface area contributed by atoms with Crippen molar-refractivity contribution in [3.8, 4) is 11.4 Å². The highest BCUT2D eigenvalue weighted by Crippen LogP contribution is 2.20. The minimum atomic E-state index is 0.0826. The molecule has 0 aliphatic heterocycles. The van der Waals surface area contributed by atoms with Crippen molar-refractivity contribution in [1.29, 1.82) is 0 Å². The van der Waals surface area contributed by atoms with Crippen LogP contribution in [-0.4, -0.2) is 32.9 Å². The van der Waals surface area contributed by atoms with Crippen LogP contribution in [0.4, 0.5) is 0 Å². The van der Waals surface area contributed by atoms with Gasteiger partial charge < -0.3 is 5.32 Å². The molecule has 0 bridgehead atoms. The molecule has 0 radical (unpaired) electrons. The summed E-state index contributed by atoms with van der Waals surface area (Å²) in [6, 6.07) is 8.65. The van der Waals surface area contributed by atoms with Crippen molar-refractivity contribution in [1.82, 2.24) is 20.5 Å². The highest BCUT2D eigenvalue weighted by Gasteiger charge is 2.15. The average Bonchev–Trinajstić information content (AvgIpc) is 3.11. The second kappa shape index (κ2) is 9.76. The van der Waals surface area contributed by atoms with E-state index >= 15 is 0 Å². The van der Waals surface area contributed by atoms with Crippen LogP contribution in [0, 0.1) is 0 Å². The first kappa shape index (κ1) is 19.0. The number of benzene rings is 1. The molecule has 1 aliphatic rings. The number of nitrogens with one attached hydrogen (secondary N) is 2. The van der Waals surface area contributed by atoms with E-state index in [0.717, 1.165) is 30.7 Å². The molecular weight excluding hydrogens is 344 g/mol. The number of aryl methyl sites for hydroxylation is 1. The second-order valence-electron chi connectivity index (χ2n) is 6.92. The number of rotatable bonds is 6. The fourth-order valence-electron chi connectivity index (χ4n) is 3.34. The van der Waals surface area contributed by atoms with E-state index < -0.39 is 0 Å². The molecule has 5 nitrogen and oxygen atoms in total. The molecule has 6 heteroatoms. The van der Waals surface area contributed by atoms with E-state index in [0.29, 0.717) is 17.0 Å². The van der Waals surface area contributed by atoms with Crippen LogP contribution in [-0.2, 0) is 11.2 Å². The summed E-state index contributed by atoms with van der Waals surface area (Å²) in [5, 5.41) is 11.0. The Balaban J connectivity index is 1.48. The fraction of sp³-hybridized carbons (Fsp3) is 0.550. The molecule has 1 amide bonds. The molecule has 1 aromatic carbocycles. The first-order valence-corrected chi connectivity index (χ1v) is 10.7. The van der Waals surface area contributed by atoms with Gasteiger partial charge in [-0.2, -0.15) is 0 Å². The third-order valence-corrected chi connectivity index (χ3v) is 5.75. The fourth-order valence-corrected chi connectivity index (χ4v) is 3.95. The number of amides is 1. The number of aromatic amines is 1. The van der Waals surface area contributed by atoms with Gasteiger partial charge in [0.15, 0.2) is 5.82 Å². The lowest BCUT2D eigenvalue weighted by Gasteiger charge is -2.20. The van der Waals surface area contributed by atoms with Crippen LogP contribution in [0.25, 0.3) is 11.4 Å². The number of carbonyl (C=O) groups excluding carboxylic acids is 1. The van der Waals surface area contributed by atoms with Crippen molar-refractivity contribution in [2.75, 3.05) is 5.75 Å². The molecule has 0 spiro atoms. The number of aromatic nitrogens is 3. The van der Waals surface area contributed by atoms with E-state index in [-0.39, 0.29) is 5.91 Å². The van der Waals surface area contributed by atoms with Crippen molar-refractivity contribution in [3.63, 3.8) is 0 Å². The van der Waals surface area contributed by atoms with Crippen LogP contribution in [0.1, 0.15) is 57.4 Å². The van der Waals surface area contributed by atoms with Gasteiger partial charge in [0.2, 0.25) is 11.1 Å². The minimum absolute atomic E-state index is 0.0826. The number of thioether (sulfide) groups is 1. The van der Waals surface area contributed by atoms with Crippen LogP contribution in [0.2, 0.25) is 0 Å². The van der Waals surface area contributed by atoms with Crippen molar-refractivity contribution in [2.24, 2.45) is 0 Å². The molecule has 1 aromatic heterocycles. The lowest BCUT2D eigenvalue weighted by atomic mass is 9.97. The largest absolute Gasteiger partial charge is 0.353 e. The predicted octanol–water partition coefficient (Wildman–Crippen LogP) is 4.36. The summed E-state index contributed by atoms with van der Waals surface area (Å²) in [5.74, 6) is 1.19. The van der Waals surface area contributed by atoms with Gasteiger partial charge in [-0.05, 0) is 24.8 Å². The van der Waals surface area contributed by atoms with Crippen molar-refractivity contribution < 1.29 is 4.79 Å². The minimum Gasteiger partial charge on any atom is -0.353 e. The molecule has 1 aliphatic carbocycles. The standard InChI is InChI=1S/C20H28N4OS/c1-2-15-10-12-16(13-11-15)19-22-20(24-23-19)26-14-18(25)21-17-8-6-4-3-5-7-9-17/h10-13,17H,2-9,14H2,1H3,(H,21,25)(H,22,23,24). The van der Waals surface area contributed by atoms with Crippen LogP contribution >= 0.6 is 11.8 Å². The molecule has 26 heavy (non-hydrogen) atoms. The van der Waals surface area contributed by atoms with Crippen LogP contribution in [0.5, 0.6) is 0 Å². The number of carbonyl (C=O) groups is 1. The lowest BCUT2D eigenvalue weighted by molar-refractivity contribution is -0.119. The Morgan fingerprint density at radius 2 is 1.85 bits per heavy atom. The topological polar surface area (TPSA) is 70.7 Å². The molecule has 3 rings (SSSR count). The summed E-state index contributed by atoms with van der Waals surface area (Å²) >= 11 is 1.38. The maximum Gasteiger partial charge on any atom is 0.230 e. The quantitative estimate of drug-likeness (QED) is 0.739. The van der Waals surface area contributed by atoms with Crippen molar-refractivity contribution in [2.45, 2.75) is 69.5 Å². The number of nitrogens with zero attached hydrogens (tertiary/aromatic N) is 2. The Kier molecular flexibility index (Phi) is 7.12. The Morgan fingerprint density at radius 1 is 1.15 bits per heavy atom. The molecule has 0 saturated heterocycles. The van der Waals surface area contributed by atoms with Crippen LogP contribution in [0.3, 0.4) is 0 Å². The molecule has 140 valence electrons. The van der Waals surface area contributed by atoms with Gasteiger partial charge in [-0.3, -0.25) is 9.89 Å². The zero-order chi connectivity index (χ0) is 18.2. The van der Waals surface area contributed by atoms with Gasteiger partial charge in [0, 0.05) is 11.6 Å². The highest BCUT2D eigenvalue weighted by molar-refractivity contribution is 7.99. The lowest BCUT2D eigenvalue weighted by Crippen LogP contribution is -2.36. The normalized spacial score (nSPS) is 16.0. The second-order valence-corrected chi connectivity index (χ2v) is 7.86. The van der Waals surface area contributed by atoms with Gasteiger partial charge in [0.1, 0.15) is 0 Å². The van der Waals surface area contributed by atoms with E-state index in [9.17, 15) is 4.79 Å². The number of hydrogen-bond acceptors (Lipinski definition) is 4. The van der Waals surface area contributed by atoms with Crippen LogP contribution in [0.15, 0.2) is 29.4 Å². The average molecular weight is 373 g/mol. The molecule has 0 unspecified atom stereocenters. The number of hydrogen-bond donors (Lipinski definition) is 2. The third kappa shape index (κ3) is 5.59. The molecule has 2 aromatic rings. The maximum atomic E-state index is 12.2. The molecule has 1 heterocycles. The van der Waals surface area contributed by atoms with E-state index in [4.69, 9.17) is 0 Å². The highest BCUT2D eigenvalue weighted by atomic mass is 32.2. The Morgan fingerprint density at radius 3 is 2.54 bits per heavy atom. The molecule has 1 fully saturated rings. The van der Waals surface area contributed by atoms with E-state index in [1.807, 2.05) is 0 Å². The summed E-state index contributed by atoms with van der Waals surface area (Å²) in [6.07, 6.45) is 9.60. The first-order valence-electron chi connectivity index (χ1n) is 9.68. The SMILES string of the molecule is CCc1ccc(-c2nc(SCC(=O)NC3CCCCCCC3)n[nH]2)cc1. The Labute approximate surface area is 159 Å². The Hall–Kier alpha value is -1.82. The van der Waals surface area contributed by atoms with E-state index in [2.05, 4.69) is 51.7 Å². The monoisotopic (exact) mass is 372 g/mol. The van der Waals surface area contributed by atoms with Gasteiger partial charge in [0.05, 0.1) is 5.75 Å². The third-order valence-electron chi connectivity index (χ3n) is 4.90. The van der Waals surface area contributed by atoms with Crippen molar-refractivity contribution >= 4 is 17.7 Å². The molecule has 0 atom stereocenters. The van der Waals surface area contributed by atoms with Crippen LogP contribution < -0.4 is 5.32 Å². The smallest absolute Gasteiger partial charge is 0.230 e. The van der Waals surface area contributed by atoms with Gasteiger partial charge in [-0.15, -0.1) is 5.10 Å². The molecule has 2 N–H and O–H groups in total. The zero-order valence-electron chi connectivity index (χ0n) is 15.5. The maximum absolute atomic E-state index is 12.2. The summed E-state index contributed by atoms with van der Waals surface area (Å²) < 4.78 is 0. The van der Waals surface area contributed by atoms with E-state index in [1.54, 1.807) is 0 Å². The first-order chi connectivity index (χ1) is 12.7.